The van der Waals surface area contributed by atoms with Crippen LogP contribution in [0.15, 0.2) is 47.3 Å². The molecule has 0 saturated heterocycles. The SMILES string of the molecule is CCN(Cc1nc2ccccc2c(=O)[nH]1)C(=O)c1cccc(C)c1I. The summed E-state index contributed by atoms with van der Waals surface area (Å²) in [5.41, 5.74) is 2.19. The minimum atomic E-state index is -0.186. The van der Waals surface area contributed by atoms with Crippen LogP contribution in [0.4, 0.5) is 0 Å². The van der Waals surface area contributed by atoms with Crippen LogP contribution in [0, 0.1) is 10.5 Å². The normalized spacial score (nSPS) is 10.8. The predicted molar refractivity (Wildman–Crippen MR) is 107 cm³/mol. The highest BCUT2D eigenvalue weighted by atomic mass is 127. The average molecular weight is 447 g/mol. The van der Waals surface area contributed by atoms with E-state index in [4.69, 9.17) is 0 Å². The number of H-pyrrole nitrogens is 1. The van der Waals surface area contributed by atoms with E-state index in [9.17, 15) is 9.59 Å². The topological polar surface area (TPSA) is 66.1 Å². The fraction of sp³-hybridized carbons (Fsp3) is 0.211. The second kappa shape index (κ2) is 7.35. The van der Waals surface area contributed by atoms with Crippen LogP contribution in [0.1, 0.15) is 28.7 Å². The van der Waals surface area contributed by atoms with Crippen LogP contribution in [0.3, 0.4) is 0 Å². The Morgan fingerprint density at radius 2 is 1.96 bits per heavy atom. The number of benzene rings is 2. The fourth-order valence-electron chi connectivity index (χ4n) is 2.70. The van der Waals surface area contributed by atoms with Gasteiger partial charge >= 0.3 is 0 Å². The van der Waals surface area contributed by atoms with E-state index >= 15 is 0 Å². The summed E-state index contributed by atoms with van der Waals surface area (Å²) in [7, 11) is 0. The number of nitrogens with zero attached hydrogens (tertiary/aromatic N) is 2. The van der Waals surface area contributed by atoms with Crippen molar-refractivity contribution >= 4 is 39.4 Å². The molecule has 3 aromatic rings. The van der Waals surface area contributed by atoms with E-state index in [1.165, 1.54) is 0 Å². The third-order valence-electron chi connectivity index (χ3n) is 4.09. The summed E-state index contributed by atoms with van der Waals surface area (Å²) in [6.07, 6.45) is 0. The number of fused-ring (bicyclic) bond motifs is 1. The van der Waals surface area contributed by atoms with Crippen molar-refractivity contribution in [3.8, 4) is 0 Å². The molecule has 5 nitrogen and oxygen atoms in total. The van der Waals surface area contributed by atoms with E-state index in [1.54, 1.807) is 23.1 Å². The summed E-state index contributed by atoms with van der Waals surface area (Å²) in [6, 6.07) is 12.9. The van der Waals surface area contributed by atoms with Crippen molar-refractivity contribution in [2.24, 2.45) is 0 Å². The van der Waals surface area contributed by atoms with E-state index in [0.29, 0.717) is 28.8 Å². The minimum Gasteiger partial charge on any atom is -0.331 e. The Hall–Kier alpha value is -2.22. The number of aromatic amines is 1. The molecule has 0 aliphatic carbocycles. The number of hydrogen-bond acceptors (Lipinski definition) is 3. The number of rotatable bonds is 4. The largest absolute Gasteiger partial charge is 0.331 e. The minimum absolute atomic E-state index is 0.0635. The number of hydrogen-bond donors (Lipinski definition) is 1. The van der Waals surface area contributed by atoms with E-state index in [0.717, 1.165) is 9.13 Å². The monoisotopic (exact) mass is 447 g/mol. The lowest BCUT2D eigenvalue weighted by atomic mass is 10.1. The smallest absolute Gasteiger partial charge is 0.258 e. The number of aryl methyl sites for hydroxylation is 1. The van der Waals surface area contributed by atoms with Crippen LogP contribution < -0.4 is 5.56 Å². The van der Waals surface area contributed by atoms with Crippen molar-refractivity contribution in [1.29, 1.82) is 0 Å². The molecule has 0 atom stereocenters. The first kappa shape index (κ1) is 17.6. The maximum Gasteiger partial charge on any atom is 0.258 e. The van der Waals surface area contributed by atoms with Crippen molar-refractivity contribution < 1.29 is 4.79 Å². The van der Waals surface area contributed by atoms with E-state index in [2.05, 4.69) is 32.6 Å². The van der Waals surface area contributed by atoms with Gasteiger partial charge in [-0.3, -0.25) is 9.59 Å². The fourth-order valence-corrected chi connectivity index (χ4v) is 3.29. The van der Waals surface area contributed by atoms with Gasteiger partial charge in [0.2, 0.25) is 0 Å². The molecule has 25 heavy (non-hydrogen) atoms. The van der Waals surface area contributed by atoms with Gasteiger partial charge in [-0.15, -0.1) is 0 Å². The molecule has 128 valence electrons. The molecule has 0 bridgehead atoms. The molecule has 2 aromatic carbocycles. The maximum absolute atomic E-state index is 12.9. The van der Waals surface area contributed by atoms with Crippen molar-refractivity contribution in [1.82, 2.24) is 14.9 Å². The summed E-state index contributed by atoms with van der Waals surface area (Å²) in [5.74, 6) is 0.424. The van der Waals surface area contributed by atoms with E-state index in [-0.39, 0.29) is 18.0 Å². The Morgan fingerprint density at radius 1 is 1.20 bits per heavy atom. The van der Waals surface area contributed by atoms with Gasteiger partial charge in [-0.05, 0) is 60.2 Å². The number of carbonyl (C=O) groups excluding carboxylic acids is 1. The quantitative estimate of drug-likeness (QED) is 0.623. The molecule has 0 saturated carbocycles. The first-order valence-electron chi connectivity index (χ1n) is 8.03. The molecular formula is C19H18IN3O2. The lowest BCUT2D eigenvalue weighted by molar-refractivity contribution is 0.0747. The van der Waals surface area contributed by atoms with Crippen LogP contribution in [0.2, 0.25) is 0 Å². The molecule has 0 unspecified atom stereocenters. The Bertz CT molecular complexity index is 997. The third-order valence-corrected chi connectivity index (χ3v) is 5.53. The lowest BCUT2D eigenvalue weighted by Gasteiger charge is -2.21. The molecule has 0 aliphatic heterocycles. The zero-order valence-corrected chi connectivity index (χ0v) is 16.2. The summed E-state index contributed by atoms with van der Waals surface area (Å²) in [4.78, 5) is 34.1. The Labute approximate surface area is 159 Å². The van der Waals surface area contributed by atoms with Crippen LogP contribution >= 0.6 is 22.6 Å². The molecule has 0 spiro atoms. The molecular weight excluding hydrogens is 429 g/mol. The second-order valence-corrected chi connectivity index (χ2v) is 6.86. The van der Waals surface area contributed by atoms with Crippen LogP contribution in [-0.4, -0.2) is 27.3 Å². The molecule has 0 radical (unpaired) electrons. The summed E-state index contributed by atoms with van der Waals surface area (Å²) in [6.45, 7) is 4.69. The molecule has 1 N–H and O–H groups in total. The van der Waals surface area contributed by atoms with Crippen molar-refractivity contribution in [3.63, 3.8) is 0 Å². The molecule has 3 rings (SSSR count). The van der Waals surface area contributed by atoms with Gasteiger partial charge in [-0.1, -0.05) is 24.3 Å². The molecule has 0 fully saturated rings. The second-order valence-electron chi connectivity index (χ2n) is 5.79. The van der Waals surface area contributed by atoms with E-state index in [1.807, 2.05) is 38.1 Å². The Kier molecular flexibility index (Phi) is 5.17. The highest BCUT2D eigenvalue weighted by molar-refractivity contribution is 14.1. The molecule has 1 amide bonds. The molecule has 0 aliphatic rings. The number of para-hydroxylation sites is 1. The van der Waals surface area contributed by atoms with Crippen molar-refractivity contribution in [2.75, 3.05) is 6.54 Å². The molecule has 1 heterocycles. The first-order chi connectivity index (χ1) is 12.0. The van der Waals surface area contributed by atoms with Gasteiger partial charge in [-0.2, -0.15) is 0 Å². The van der Waals surface area contributed by atoms with Gasteiger partial charge in [0.25, 0.3) is 11.5 Å². The molecule has 1 aromatic heterocycles. The van der Waals surface area contributed by atoms with Crippen molar-refractivity contribution in [3.05, 3.63) is 73.3 Å². The van der Waals surface area contributed by atoms with E-state index < -0.39 is 0 Å². The van der Waals surface area contributed by atoms with Gasteiger partial charge in [0.15, 0.2) is 0 Å². The first-order valence-corrected chi connectivity index (χ1v) is 9.11. The number of amides is 1. The highest BCUT2D eigenvalue weighted by Gasteiger charge is 2.19. The number of carbonyl (C=O) groups is 1. The zero-order valence-electron chi connectivity index (χ0n) is 14.0. The van der Waals surface area contributed by atoms with Gasteiger partial charge in [-0.25, -0.2) is 4.98 Å². The van der Waals surface area contributed by atoms with Gasteiger partial charge in [0.1, 0.15) is 5.82 Å². The number of nitrogens with one attached hydrogen (secondary N) is 1. The highest BCUT2D eigenvalue weighted by Crippen LogP contribution is 2.19. The van der Waals surface area contributed by atoms with Crippen LogP contribution in [0.5, 0.6) is 0 Å². The van der Waals surface area contributed by atoms with Gasteiger partial charge < -0.3 is 9.88 Å². The van der Waals surface area contributed by atoms with Crippen molar-refractivity contribution in [2.45, 2.75) is 20.4 Å². The Morgan fingerprint density at radius 3 is 2.72 bits per heavy atom. The average Bonchev–Trinajstić information content (AvgIpc) is 2.61. The summed E-state index contributed by atoms with van der Waals surface area (Å²) < 4.78 is 0.948. The molecule has 6 heteroatoms. The van der Waals surface area contributed by atoms with Crippen LogP contribution in [-0.2, 0) is 6.54 Å². The van der Waals surface area contributed by atoms with Crippen LogP contribution in [0.25, 0.3) is 10.9 Å². The van der Waals surface area contributed by atoms with Gasteiger partial charge in [0, 0.05) is 10.1 Å². The number of aromatic nitrogens is 2. The van der Waals surface area contributed by atoms with Gasteiger partial charge in [0.05, 0.1) is 23.0 Å². The standard InChI is InChI=1S/C19H18IN3O2/c1-3-23(19(25)14-9-6-7-12(2)17(14)20)11-16-21-15-10-5-4-8-13(15)18(24)22-16/h4-10H,3,11H2,1-2H3,(H,21,22,24). The predicted octanol–water partition coefficient (Wildman–Crippen LogP) is 3.50. The summed E-state index contributed by atoms with van der Waals surface area (Å²) in [5, 5.41) is 0.550. The Balaban J connectivity index is 1.93. The lowest BCUT2D eigenvalue weighted by Crippen LogP contribution is -2.32. The third kappa shape index (κ3) is 3.58. The maximum atomic E-state index is 12.9. The zero-order chi connectivity index (χ0) is 18.0. The summed E-state index contributed by atoms with van der Waals surface area (Å²) >= 11 is 2.20. The number of halogens is 1.